The highest BCUT2D eigenvalue weighted by Gasteiger charge is 2.14. The summed E-state index contributed by atoms with van der Waals surface area (Å²) in [5, 5.41) is 5.93. The summed E-state index contributed by atoms with van der Waals surface area (Å²) in [6, 6.07) is 6.79. The quantitative estimate of drug-likeness (QED) is 0.788. The molecule has 0 saturated heterocycles. The number of primary amides is 1. The molecule has 1 aromatic heterocycles. The number of benzene rings is 1. The molecule has 0 unspecified atom stereocenters. The first-order chi connectivity index (χ1) is 10.5. The van der Waals surface area contributed by atoms with Crippen LogP contribution in [0.15, 0.2) is 36.7 Å². The first kappa shape index (κ1) is 15.6. The Bertz CT molecular complexity index is 657. The van der Waals surface area contributed by atoms with Gasteiger partial charge >= 0.3 is 6.03 Å². The van der Waals surface area contributed by atoms with Crippen LogP contribution in [-0.4, -0.2) is 17.1 Å². The highest BCUT2D eigenvalue weighted by Crippen LogP contribution is 2.37. The first-order valence-corrected chi connectivity index (χ1v) is 7.02. The molecule has 0 spiro atoms. The van der Waals surface area contributed by atoms with Crippen molar-refractivity contribution in [3.8, 4) is 11.5 Å². The predicted octanol–water partition coefficient (Wildman–Crippen LogP) is 3.49. The van der Waals surface area contributed by atoms with Gasteiger partial charge in [-0.1, -0.05) is 0 Å². The van der Waals surface area contributed by atoms with Gasteiger partial charge in [0.2, 0.25) is 0 Å². The van der Waals surface area contributed by atoms with Crippen LogP contribution in [0.25, 0.3) is 0 Å². The summed E-state index contributed by atoms with van der Waals surface area (Å²) in [6.45, 7) is 6.03. The van der Waals surface area contributed by atoms with E-state index in [-0.39, 0.29) is 6.04 Å². The summed E-state index contributed by atoms with van der Waals surface area (Å²) < 4.78 is 5.91. The van der Waals surface area contributed by atoms with Crippen LogP contribution in [-0.2, 0) is 0 Å². The lowest BCUT2D eigenvalue weighted by molar-refractivity contribution is 0.259. The summed E-state index contributed by atoms with van der Waals surface area (Å²) in [4.78, 5) is 15.1. The third-order valence-corrected chi connectivity index (χ3v) is 2.98. The van der Waals surface area contributed by atoms with Crippen LogP contribution >= 0.6 is 0 Å². The zero-order chi connectivity index (χ0) is 16.1. The lowest BCUT2D eigenvalue weighted by atomic mass is 10.1. The molecule has 2 rings (SSSR count). The minimum Gasteiger partial charge on any atom is -0.455 e. The molecule has 0 fully saturated rings. The predicted molar refractivity (Wildman–Crippen MR) is 87.5 cm³/mol. The lowest BCUT2D eigenvalue weighted by Crippen LogP contribution is -2.20. The SMILES string of the molecule is Cc1c(NC(C)C)ccc(NC(N)=O)c1Oc1ccncc1. The average molecular weight is 300 g/mol. The van der Waals surface area contributed by atoms with Crippen LogP contribution in [0.5, 0.6) is 11.5 Å². The van der Waals surface area contributed by atoms with Crippen molar-refractivity contribution >= 4 is 17.4 Å². The van der Waals surface area contributed by atoms with E-state index < -0.39 is 6.03 Å². The molecule has 0 atom stereocenters. The number of pyridine rings is 1. The van der Waals surface area contributed by atoms with E-state index in [0.717, 1.165) is 11.3 Å². The topological polar surface area (TPSA) is 89.3 Å². The molecule has 0 bridgehead atoms. The second-order valence-electron chi connectivity index (χ2n) is 5.19. The number of hydrogen-bond donors (Lipinski definition) is 3. The van der Waals surface area contributed by atoms with E-state index in [4.69, 9.17) is 10.5 Å². The Kier molecular flexibility index (Phi) is 4.83. The van der Waals surface area contributed by atoms with Crippen LogP contribution in [0.3, 0.4) is 0 Å². The third-order valence-electron chi connectivity index (χ3n) is 2.98. The molecule has 0 aliphatic rings. The number of anilines is 2. The molecule has 0 aliphatic carbocycles. The minimum absolute atomic E-state index is 0.280. The van der Waals surface area contributed by atoms with Crippen molar-refractivity contribution in [2.75, 3.05) is 10.6 Å². The van der Waals surface area contributed by atoms with Gasteiger partial charge in [-0.2, -0.15) is 0 Å². The number of nitrogens with one attached hydrogen (secondary N) is 2. The number of ether oxygens (including phenoxy) is 1. The normalized spacial score (nSPS) is 10.4. The van der Waals surface area contributed by atoms with E-state index in [1.54, 1.807) is 30.6 Å². The van der Waals surface area contributed by atoms with Crippen molar-refractivity contribution in [2.45, 2.75) is 26.8 Å². The van der Waals surface area contributed by atoms with Crippen LogP contribution in [0, 0.1) is 6.92 Å². The molecule has 2 amide bonds. The Balaban J connectivity index is 2.43. The molecule has 0 saturated carbocycles. The third kappa shape index (κ3) is 3.88. The van der Waals surface area contributed by atoms with Gasteiger partial charge in [0.25, 0.3) is 0 Å². The zero-order valence-electron chi connectivity index (χ0n) is 12.9. The molecule has 0 radical (unpaired) electrons. The maximum absolute atomic E-state index is 11.2. The molecule has 4 N–H and O–H groups in total. The Labute approximate surface area is 129 Å². The van der Waals surface area contributed by atoms with Crippen LogP contribution in [0.2, 0.25) is 0 Å². The van der Waals surface area contributed by atoms with Crippen molar-refractivity contribution in [2.24, 2.45) is 5.73 Å². The number of rotatable bonds is 5. The summed E-state index contributed by atoms with van der Waals surface area (Å²) in [7, 11) is 0. The number of hydrogen-bond acceptors (Lipinski definition) is 4. The van der Waals surface area contributed by atoms with E-state index >= 15 is 0 Å². The van der Waals surface area contributed by atoms with E-state index in [9.17, 15) is 4.79 Å². The number of aromatic nitrogens is 1. The Morgan fingerprint density at radius 2 is 1.82 bits per heavy atom. The van der Waals surface area contributed by atoms with Crippen molar-refractivity contribution in [3.63, 3.8) is 0 Å². The molecule has 6 heteroatoms. The summed E-state index contributed by atoms with van der Waals surface area (Å²) in [6.07, 6.45) is 3.28. The Morgan fingerprint density at radius 1 is 1.18 bits per heavy atom. The molecular formula is C16H20N4O2. The van der Waals surface area contributed by atoms with Crippen molar-refractivity contribution in [1.82, 2.24) is 4.98 Å². The smallest absolute Gasteiger partial charge is 0.316 e. The highest BCUT2D eigenvalue weighted by atomic mass is 16.5. The van der Waals surface area contributed by atoms with Gasteiger partial charge in [-0.25, -0.2) is 4.79 Å². The number of nitrogens with zero attached hydrogens (tertiary/aromatic N) is 1. The molecule has 1 heterocycles. The molecule has 0 aliphatic heterocycles. The fourth-order valence-electron chi connectivity index (χ4n) is 2.05. The molecule has 116 valence electrons. The summed E-state index contributed by atoms with van der Waals surface area (Å²) in [5.41, 5.74) is 7.57. The minimum atomic E-state index is -0.636. The molecular weight excluding hydrogens is 280 g/mol. The van der Waals surface area contributed by atoms with Crippen molar-refractivity contribution in [1.29, 1.82) is 0 Å². The summed E-state index contributed by atoms with van der Waals surface area (Å²) >= 11 is 0. The van der Waals surface area contributed by atoms with E-state index in [1.165, 1.54) is 0 Å². The van der Waals surface area contributed by atoms with Gasteiger partial charge in [-0.05, 0) is 45.0 Å². The first-order valence-electron chi connectivity index (χ1n) is 7.02. The number of nitrogens with two attached hydrogens (primary N) is 1. The van der Waals surface area contributed by atoms with Gasteiger partial charge < -0.3 is 21.1 Å². The number of carbonyl (C=O) groups excluding carboxylic acids is 1. The highest BCUT2D eigenvalue weighted by molar-refractivity contribution is 5.91. The molecule has 1 aromatic carbocycles. The number of carbonyl (C=O) groups is 1. The van der Waals surface area contributed by atoms with E-state index in [1.807, 2.05) is 13.0 Å². The Hall–Kier alpha value is -2.76. The van der Waals surface area contributed by atoms with Gasteiger partial charge in [0.05, 0.1) is 5.69 Å². The summed E-state index contributed by atoms with van der Waals surface area (Å²) in [5.74, 6) is 1.18. The monoisotopic (exact) mass is 300 g/mol. The largest absolute Gasteiger partial charge is 0.455 e. The fraction of sp³-hybridized carbons (Fsp3) is 0.250. The van der Waals surface area contributed by atoms with Gasteiger partial charge in [-0.3, -0.25) is 4.98 Å². The molecule has 6 nitrogen and oxygen atoms in total. The van der Waals surface area contributed by atoms with Crippen LogP contribution in [0.4, 0.5) is 16.2 Å². The van der Waals surface area contributed by atoms with E-state index in [2.05, 4.69) is 29.5 Å². The lowest BCUT2D eigenvalue weighted by Gasteiger charge is -2.19. The maximum atomic E-state index is 11.2. The van der Waals surface area contributed by atoms with E-state index in [0.29, 0.717) is 17.2 Å². The van der Waals surface area contributed by atoms with Gasteiger partial charge in [0.15, 0.2) is 5.75 Å². The number of urea groups is 1. The van der Waals surface area contributed by atoms with Gasteiger partial charge in [0.1, 0.15) is 5.75 Å². The van der Waals surface area contributed by atoms with Gasteiger partial charge in [-0.15, -0.1) is 0 Å². The average Bonchev–Trinajstić information content (AvgIpc) is 2.46. The molecule has 2 aromatic rings. The second kappa shape index (κ2) is 6.80. The maximum Gasteiger partial charge on any atom is 0.316 e. The molecule has 22 heavy (non-hydrogen) atoms. The fourth-order valence-corrected chi connectivity index (χ4v) is 2.05. The van der Waals surface area contributed by atoms with Crippen LogP contribution in [0.1, 0.15) is 19.4 Å². The van der Waals surface area contributed by atoms with Crippen LogP contribution < -0.4 is 21.1 Å². The van der Waals surface area contributed by atoms with Crippen molar-refractivity contribution in [3.05, 3.63) is 42.2 Å². The number of amides is 2. The standard InChI is InChI=1S/C16H20N4O2/c1-10(2)19-13-4-5-14(20-16(17)21)15(11(13)3)22-12-6-8-18-9-7-12/h4-10,19H,1-3H3,(H3,17,20,21). The van der Waals surface area contributed by atoms with Crippen molar-refractivity contribution < 1.29 is 9.53 Å². The second-order valence-corrected chi connectivity index (χ2v) is 5.19. The zero-order valence-corrected chi connectivity index (χ0v) is 12.9. The Morgan fingerprint density at radius 3 is 2.41 bits per heavy atom. The van der Waals surface area contributed by atoms with Gasteiger partial charge in [0, 0.05) is 29.7 Å².